The summed E-state index contributed by atoms with van der Waals surface area (Å²) in [7, 11) is 0. The van der Waals surface area contributed by atoms with Gasteiger partial charge in [0.1, 0.15) is 81.1 Å². The average molecular weight is 1060 g/mol. The Kier molecular flexibility index (Phi) is 15.3. The number of nitriles is 3. The number of hydrogen-bond acceptors (Lipinski definition) is 11. The molecule has 0 bridgehead atoms. The minimum Gasteiger partial charge on any atom is -0.456 e. The molecule has 0 aliphatic rings. The first-order valence-electron chi connectivity index (χ1n) is 25.9. The minimum absolute atomic E-state index is 0.155. The number of carbonyl (C=O) groups is 2. The van der Waals surface area contributed by atoms with E-state index in [4.69, 9.17) is 23.7 Å². The van der Waals surface area contributed by atoms with Crippen molar-refractivity contribution in [1.82, 2.24) is 4.98 Å². The zero-order chi connectivity index (χ0) is 56.6. The first kappa shape index (κ1) is 53.3. The molecule has 11 nitrogen and oxygen atoms in total. The zero-order valence-electron chi connectivity index (χ0n) is 44.9. The van der Waals surface area contributed by atoms with Crippen LogP contribution >= 0.6 is 0 Å². The van der Waals surface area contributed by atoms with Crippen LogP contribution in [0.3, 0.4) is 0 Å². The maximum Gasteiger partial charge on any atom is 0.219 e. The second-order valence-electron chi connectivity index (χ2n) is 20.0. The number of carbonyl (C=O) groups excluding carboxylic acids is 2. The highest BCUT2D eigenvalue weighted by molar-refractivity contribution is 6.15. The highest BCUT2D eigenvalue weighted by atomic mass is 16.5. The third kappa shape index (κ3) is 11.8. The van der Waals surface area contributed by atoms with Crippen molar-refractivity contribution in [3.63, 3.8) is 0 Å². The van der Waals surface area contributed by atoms with Crippen molar-refractivity contribution >= 4 is 11.6 Å². The predicted octanol–water partition coefficient (Wildman–Crippen LogP) is 17.4. The number of benzene rings is 9. The maximum atomic E-state index is 15.0. The molecular weight excluding hydrogens is 1010 g/mol. The molecule has 1 aromatic heterocycles. The number of aromatic nitrogens is 1. The fourth-order valence-electron chi connectivity index (χ4n) is 9.30. The van der Waals surface area contributed by atoms with Gasteiger partial charge in [-0.15, -0.1) is 0 Å². The second-order valence-corrected chi connectivity index (χ2v) is 20.0. The topological polar surface area (TPSA) is 165 Å². The number of nitrogens with zero attached hydrogens (tertiary/aromatic N) is 4. The van der Waals surface area contributed by atoms with Crippen LogP contribution in [0.5, 0.6) is 57.6 Å². The Hall–Kier alpha value is -11.1. The first-order chi connectivity index (χ1) is 39.3. The van der Waals surface area contributed by atoms with Gasteiger partial charge in [0.25, 0.3) is 0 Å². The lowest BCUT2D eigenvalue weighted by molar-refractivity contribution is 0.103. The summed E-state index contributed by atoms with van der Waals surface area (Å²) >= 11 is 0. The summed E-state index contributed by atoms with van der Waals surface area (Å²) in [4.78, 5) is 33.4. The van der Waals surface area contributed by atoms with E-state index in [1.807, 2.05) is 101 Å². The molecule has 0 fully saturated rings. The predicted molar refractivity (Wildman–Crippen MR) is 310 cm³/mol. The van der Waals surface area contributed by atoms with Gasteiger partial charge in [0.05, 0.1) is 5.56 Å². The quantitative estimate of drug-likeness (QED) is 0.0846. The summed E-state index contributed by atoms with van der Waals surface area (Å²) in [6, 6.07) is 67.1. The van der Waals surface area contributed by atoms with Crippen molar-refractivity contribution in [2.45, 2.75) is 40.0 Å². The minimum atomic E-state index is -0.512. The van der Waals surface area contributed by atoms with Gasteiger partial charge in [-0.1, -0.05) is 123 Å². The highest BCUT2D eigenvalue weighted by Gasteiger charge is 2.26. The standard InChI is InChI=1S/C70H50N4O7/c1-44-26-33-53(56(37-44)68(75)46-16-7-6-8-17-46)48-29-34-55(57(38-48)69(76)47-27-30-49(31-28-47)80-67-25-9-10-36-74-67)54-20-13-22-63(59(54)42-72)79-52-32-35-66(61(40-52)70(3,4)5)81-65-24-14-23-64(60(65)43-73)78-51-19-12-18-50(39-51)77-62-21-11-15-45(2)58(62)41-71/h6-40H,1-5H3. The van der Waals surface area contributed by atoms with E-state index in [-0.39, 0.29) is 45.5 Å². The molecular formula is C70H50N4O7. The molecule has 1 heterocycles. The lowest BCUT2D eigenvalue weighted by atomic mass is 9.86. The Balaban J connectivity index is 0.973. The number of aryl methyl sites for hydroxylation is 2. The number of rotatable bonds is 16. The van der Waals surface area contributed by atoms with Gasteiger partial charge >= 0.3 is 0 Å². The number of hydrogen-bond donors (Lipinski definition) is 0. The van der Waals surface area contributed by atoms with E-state index < -0.39 is 5.41 Å². The van der Waals surface area contributed by atoms with E-state index in [0.717, 1.165) is 16.7 Å². The van der Waals surface area contributed by atoms with E-state index in [1.165, 1.54) is 0 Å². The maximum absolute atomic E-state index is 15.0. The number of ether oxygens (including phenoxy) is 5. The van der Waals surface area contributed by atoms with E-state index in [2.05, 4.69) is 23.2 Å². The molecule has 392 valence electrons. The SMILES string of the molecule is Cc1ccc(-c2ccc(-c3cccc(Oc4ccc(Oc5cccc(Oc6cccc(Oc7cccc(C)c7C#N)c6)c5C#N)c(C(C)(C)C)c4)c3C#N)c(C(=O)c3ccc(Oc4ccccn4)cc3)c2)c(C(=O)c2ccccc2)c1. The molecule has 0 N–H and O–H groups in total. The van der Waals surface area contributed by atoms with Gasteiger partial charge in [-0.3, -0.25) is 9.59 Å². The monoisotopic (exact) mass is 1060 g/mol. The smallest absolute Gasteiger partial charge is 0.219 e. The molecule has 9 aromatic carbocycles. The van der Waals surface area contributed by atoms with Crippen molar-refractivity contribution in [2.24, 2.45) is 0 Å². The third-order valence-corrected chi connectivity index (χ3v) is 13.3. The Morgan fingerprint density at radius 1 is 0.420 bits per heavy atom. The summed E-state index contributed by atoms with van der Waals surface area (Å²) in [5.41, 5.74) is 6.54. The molecule has 0 unspecified atom stereocenters. The Morgan fingerprint density at radius 2 is 0.975 bits per heavy atom. The summed E-state index contributed by atoms with van der Waals surface area (Å²) in [5, 5.41) is 31.3. The molecule has 0 aliphatic carbocycles. The van der Waals surface area contributed by atoms with Crippen molar-refractivity contribution in [3.8, 4) is 98.1 Å². The lowest BCUT2D eigenvalue weighted by Crippen LogP contribution is -2.13. The molecule has 10 rings (SSSR count). The van der Waals surface area contributed by atoms with Gasteiger partial charge in [-0.2, -0.15) is 15.8 Å². The van der Waals surface area contributed by atoms with Crippen LogP contribution in [0, 0.1) is 47.8 Å². The van der Waals surface area contributed by atoms with Crippen molar-refractivity contribution in [3.05, 3.63) is 268 Å². The average Bonchev–Trinajstić information content (AvgIpc) is 3.53. The van der Waals surface area contributed by atoms with Crippen molar-refractivity contribution in [1.29, 1.82) is 15.8 Å². The van der Waals surface area contributed by atoms with Crippen molar-refractivity contribution in [2.75, 3.05) is 0 Å². The summed E-state index contributed by atoms with van der Waals surface area (Å²) in [6.07, 6.45) is 1.63. The van der Waals surface area contributed by atoms with E-state index >= 15 is 4.79 Å². The second kappa shape index (κ2) is 23.3. The first-order valence-corrected chi connectivity index (χ1v) is 25.9. The van der Waals surface area contributed by atoms with Gasteiger partial charge in [0.2, 0.25) is 5.88 Å². The van der Waals surface area contributed by atoms with Crippen LogP contribution < -0.4 is 23.7 Å². The van der Waals surface area contributed by atoms with Gasteiger partial charge in [0.15, 0.2) is 11.6 Å². The highest BCUT2D eigenvalue weighted by Crippen LogP contribution is 2.43. The normalized spacial score (nSPS) is 10.8. The molecule has 0 aliphatic heterocycles. The summed E-state index contributed by atoms with van der Waals surface area (Å²) in [6.45, 7) is 9.85. The molecule has 11 heteroatoms. The van der Waals surface area contributed by atoms with Crippen LogP contribution in [-0.4, -0.2) is 16.6 Å². The van der Waals surface area contributed by atoms with Crippen LogP contribution in [0.2, 0.25) is 0 Å². The molecule has 0 spiro atoms. The number of ketones is 2. The van der Waals surface area contributed by atoms with Crippen LogP contribution in [-0.2, 0) is 5.41 Å². The number of pyridine rings is 1. The zero-order valence-corrected chi connectivity index (χ0v) is 44.9. The molecule has 0 radical (unpaired) electrons. The molecule has 0 atom stereocenters. The third-order valence-electron chi connectivity index (χ3n) is 13.3. The van der Waals surface area contributed by atoms with Gasteiger partial charge in [0, 0.05) is 51.7 Å². The van der Waals surface area contributed by atoms with Gasteiger partial charge in [-0.05, 0) is 139 Å². The van der Waals surface area contributed by atoms with Crippen LogP contribution in [0.15, 0.2) is 212 Å². The van der Waals surface area contributed by atoms with Crippen LogP contribution in [0.25, 0.3) is 22.3 Å². The summed E-state index contributed by atoms with van der Waals surface area (Å²) in [5.74, 6) is 3.27. The molecule has 81 heavy (non-hydrogen) atoms. The fraction of sp³-hybridized carbons (Fsp3) is 0.0857. The van der Waals surface area contributed by atoms with Gasteiger partial charge < -0.3 is 23.7 Å². The van der Waals surface area contributed by atoms with E-state index in [1.54, 1.807) is 146 Å². The Labute approximate surface area is 469 Å². The van der Waals surface area contributed by atoms with E-state index in [9.17, 15) is 20.6 Å². The largest absolute Gasteiger partial charge is 0.456 e. The van der Waals surface area contributed by atoms with Crippen molar-refractivity contribution < 1.29 is 33.3 Å². The molecule has 0 amide bonds. The summed E-state index contributed by atoms with van der Waals surface area (Å²) < 4.78 is 31.5. The Morgan fingerprint density at radius 3 is 1.63 bits per heavy atom. The molecule has 0 saturated heterocycles. The fourth-order valence-corrected chi connectivity index (χ4v) is 9.30. The molecule has 10 aromatic rings. The van der Waals surface area contributed by atoms with E-state index in [0.29, 0.717) is 84.9 Å². The van der Waals surface area contributed by atoms with Crippen LogP contribution in [0.1, 0.15) is 86.0 Å². The van der Waals surface area contributed by atoms with Gasteiger partial charge in [-0.25, -0.2) is 4.98 Å². The van der Waals surface area contributed by atoms with Crippen LogP contribution in [0.4, 0.5) is 0 Å². The lowest BCUT2D eigenvalue weighted by Gasteiger charge is -2.24. The molecule has 0 saturated carbocycles. The Bertz CT molecular complexity index is 4170.